The minimum Gasteiger partial charge on any atom is -0.381 e. The number of hydrogen-bond donors (Lipinski definition) is 1. The van der Waals surface area contributed by atoms with Crippen LogP contribution in [0.3, 0.4) is 0 Å². The Labute approximate surface area is 119 Å². The summed E-state index contributed by atoms with van der Waals surface area (Å²) < 4.78 is 6.16. The Hall–Kier alpha value is -1.73. The van der Waals surface area contributed by atoms with Crippen molar-refractivity contribution in [1.29, 1.82) is 0 Å². The van der Waals surface area contributed by atoms with Crippen molar-refractivity contribution in [2.45, 2.75) is 13.3 Å². The molecule has 0 amide bonds. The Morgan fingerprint density at radius 3 is 3.15 bits per heavy atom. The maximum atomic E-state index is 11.2. The van der Waals surface area contributed by atoms with Crippen molar-refractivity contribution in [3.8, 4) is 0 Å². The Morgan fingerprint density at radius 2 is 2.45 bits per heavy atom. The molecular formula is C13H15N3O3S. The van der Waals surface area contributed by atoms with Crippen LogP contribution in [0.25, 0.3) is 10.2 Å². The molecule has 1 unspecified atom stereocenters. The highest BCUT2D eigenvalue weighted by Crippen LogP contribution is 2.33. The van der Waals surface area contributed by atoms with E-state index in [9.17, 15) is 10.1 Å². The quantitative estimate of drug-likeness (QED) is 0.692. The second-order valence-corrected chi connectivity index (χ2v) is 6.17. The first-order valence-electron chi connectivity index (χ1n) is 6.50. The molecule has 1 atom stereocenters. The van der Waals surface area contributed by atoms with E-state index in [-0.39, 0.29) is 10.6 Å². The number of fused-ring (bicyclic) bond motifs is 1. The average molecular weight is 293 g/mol. The molecule has 1 aromatic heterocycles. The number of nitrogens with one attached hydrogen (secondary N) is 1. The average Bonchev–Trinajstić information content (AvgIpc) is 3.02. The molecule has 0 bridgehead atoms. The van der Waals surface area contributed by atoms with Gasteiger partial charge in [0.15, 0.2) is 0 Å². The lowest BCUT2D eigenvalue weighted by Gasteiger charge is -2.10. The van der Waals surface area contributed by atoms with E-state index in [1.54, 1.807) is 12.1 Å². The second kappa shape index (κ2) is 5.34. The van der Waals surface area contributed by atoms with Gasteiger partial charge < -0.3 is 10.1 Å². The highest BCUT2D eigenvalue weighted by atomic mass is 32.1. The van der Waals surface area contributed by atoms with E-state index in [0.29, 0.717) is 18.2 Å². The lowest BCUT2D eigenvalue weighted by atomic mass is 10.1. The SMILES string of the molecule is Cc1nc2cc(NCC3CCOC3)c([N+](=O)[O-])cc2s1. The maximum absolute atomic E-state index is 11.2. The molecule has 0 radical (unpaired) electrons. The zero-order chi connectivity index (χ0) is 14.1. The number of rotatable bonds is 4. The monoisotopic (exact) mass is 293 g/mol. The molecule has 20 heavy (non-hydrogen) atoms. The van der Waals surface area contributed by atoms with Gasteiger partial charge in [-0.2, -0.15) is 0 Å². The van der Waals surface area contributed by atoms with Crippen LogP contribution in [0.4, 0.5) is 11.4 Å². The molecule has 2 aromatic rings. The summed E-state index contributed by atoms with van der Waals surface area (Å²) in [6.45, 7) is 4.09. The van der Waals surface area contributed by atoms with E-state index in [2.05, 4.69) is 10.3 Å². The first-order chi connectivity index (χ1) is 9.63. The number of benzene rings is 1. The summed E-state index contributed by atoms with van der Waals surface area (Å²) in [7, 11) is 0. The van der Waals surface area contributed by atoms with E-state index >= 15 is 0 Å². The van der Waals surface area contributed by atoms with Gasteiger partial charge in [-0.05, 0) is 19.4 Å². The van der Waals surface area contributed by atoms with Gasteiger partial charge in [0.05, 0.1) is 26.8 Å². The van der Waals surface area contributed by atoms with Gasteiger partial charge in [0.25, 0.3) is 5.69 Å². The predicted molar refractivity (Wildman–Crippen MR) is 78.4 cm³/mol. The fourth-order valence-corrected chi connectivity index (χ4v) is 3.21. The summed E-state index contributed by atoms with van der Waals surface area (Å²) in [6.07, 6.45) is 0.999. The van der Waals surface area contributed by atoms with Gasteiger partial charge in [-0.25, -0.2) is 4.98 Å². The Bertz CT molecular complexity index is 650. The number of anilines is 1. The minimum absolute atomic E-state index is 0.111. The minimum atomic E-state index is -0.345. The van der Waals surface area contributed by atoms with Crippen LogP contribution in [0.1, 0.15) is 11.4 Å². The Morgan fingerprint density at radius 1 is 1.60 bits per heavy atom. The summed E-state index contributed by atoms with van der Waals surface area (Å²) >= 11 is 1.47. The third-order valence-corrected chi connectivity index (χ3v) is 4.35. The van der Waals surface area contributed by atoms with Gasteiger partial charge in [-0.15, -0.1) is 11.3 Å². The number of aryl methyl sites for hydroxylation is 1. The van der Waals surface area contributed by atoms with E-state index in [1.807, 2.05) is 6.92 Å². The summed E-state index contributed by atoms with van der Waals surface area (Å²) in [5, 5.41) is 15.3. The molecule has 1 aliphatic heterocycles. The molecule has 2 heterocycles. The second-order valence-electron chi connectivity index (χ2n) is 4.94. The number of nitro groups is 1. The van der Waals surface area contributed by atoms with Crippen molar-refractivity contribution in [3.05, 3.63) is 27.3 Å². The van der Waals surface area contributed by atoms with Crippen molar-refractivity contribution < 1.29 is 9.66 Å². The molecule has 1 saturated heterocycles. The van der Waals surface area contributed by atoms with Crippen LogP contribution < -0.4 is 5.32 Å². The standard InChI is InChI=1S/C13H15N3O3S/c1-8-15-11-4-10(14-6-9-2-3-19-7-9)12(16(17)18)5-13(11)20-8/h4-5,9,14H,2-3,6-7H2,1H3. The fraction of sp³-hybridized carbons (Fsp3) is 0.462. The van der Waals surface area contributed by atoms with E-state index < -0.39 is 0 Å². The van der Waals surface area contributed by atoms with Crippen LogP contribution in [0.15, 0.2) is 12.1 Å². The number of ether oxygens (including phenoxy) is 1. The maximum Gasteiger partial charge on any atom is 0.293 e. The van der Waals surface area contributed by atoms with Gasteiger partial charge in [0.1, 0.15) is 5.69 Å². The summed E-state index contributed by atoms with van der Waals surface area (Å²) in [4.78, 5) is 15.2. The number of aromatic nitrogens is 1. The Balaban J connectivity index is 1.89. The van der Waals surface area contributed by atoms with Crippen LogP contribution in [0.2, 0.25) is 0 Å². The lowest BCUT2D eigenvalue weighted by molar-refractivity contribution is -0.383. The summed E-state index contributed by atoms with van der Waals surface area (Å²) in [6, 6.07) is 3.38. The molecule has 1 N–H and O–H groups in total. The Kier molecular flexibility index (Phi) is 3.54. The van der Waals surface area contributed by atoms with Crippen LogP contribution >= 0.6 is 11.3 Å². The molecule has 106 valence electrons. The molecule has 0 spiro atoms. The highest BCUT2D eigenvalue weighted by molar-refractivity contribution is 7.18. The van der Waals surface area contributed by atoms with E-state index in [0.717, 1.165) is 34.9 Å². The van der Waals surface area contributed by atoms with Crippen LogP contribution in [-0.4, -0.2) is 29.7 Å². The van der Waals surface area contributed by atoms with Crippen LogP contribution in [0.5, 0.6) is 0 Å². The van der Waals surface area contributed by atoms with Gasteiger partial charge in [-0.1, -0.05) is 0 Å². The normalized spacial score (nSPS) is 18.6. The highest BCUT2D eigenvalue weighted by Gasteiger charge is 2.20. The van der Waals surface area contributed by atoms with Gasteiger partial charge >= 0.3 is 0 Å². The topological polar surface area (TPSA) is 77.3 Å². The van der Waals surface area contributed by atoms with Crippen molar-refractivity contribution in [2.75, 3.05) is 25.1 Å². The zero-order valence-corrected chi connectivity index (χ0v) is 11.9. The molecule has 1 aromatic carbocycles. The molecule has 0 aliphatic carbocycles. The summed E-state index contributed by atoms with van der Waals surface area (Å²) in [5.74, 6) is 0.419. The number of nitro benzene ring substituents is 1. The molecular weight excluding hydrogens is 278 g/mol. The summed E-state index contributed by atoms with van der Waals surface area (Å²) in [5.41, 5.74) is 1.46. The fourth-order valence-electron chi connectivity index (χ4n) is 2.37. The van der Waals surface area contributed by atoms with Crippen LogP contribution in [0, 0.1) is 23.0 Å². The van der Waals surface area contributed by atoms with Gasteiger partial charge in [0.2, 0.25) is 0 Å². The van der Waals surface area contributed by atoms with Crippen molar-refractivity contribution in [3.63, 3.8) is 0 Å². The first kappa shape index (κ1) is 13.3. The molecule has 7 heteroatoms. The number of thiazole rings is 1. The third kappa shape index (κ3) is 2.59. The van der Waals surface area contributed by atoms with Gasteiger partial charge in [-0.3, -0.25) is 10.1 Å². The first-order valence-corrected chi connectivity index (χ1v) is 7.32. The zero-order valence-electron chi connectivity index (χ0n) is 11.1. The van der Waals surface area contributed by atoms with Crippen molar-refractivity contribution in [1.82, 2.24) is 4.98 Å². The number of nitrogens with zero attached hydrogens (tertiary/aromatic N) is 2. The predicted octanol–water partition coefficient (Wildman–Crippen LogP) is 2.96. The molecule has 1 aliphatic rings. The molecule has 6 nitrogen and oxygen atoms in total. The van der Waals surface area contributed by atoms with Crippen LogP contribution in [-0.2, 0) is 4.74 Å². The molecule has 0 saturated carbocycles. The van der Waals surface area contributed by atoms with Gasteiger partial charge in [0, 0.05) is 25.1 Å². The lowest BCUT2D eigenvalue weighted by Crippen LogP contribution is -2.14. The smallest absolute Gasteiger partial charge is 0.293 e. The third-order valence-electron chi connectivity index (χ3n) is 3.41. The largest absolute Gasteiger partial charge is 0.381 e. The van der Waals surface area contributed by atoms with Crippen molar-refractivity contribution in [2.24, 2.45) is 5.92 Å². The molecule has 3 rings (SSSR count). The van der Waals surface area contributed by atoms with E-state index in [1.165, 1.54) is 11.3 Å². The van der Waals surface area contributed by atoms with Crippen molar-refractivity contribution >= 4 is 32.9 Å². The molecule has 1 fully saturated rings. The van der Waals surface area contributed by atoms with E-state index in [4.69, 9.17) is 4.74 Å². The number of hydrogen-bond acceptors (Lipinski definition) is 6.